The summed E-state index contributed by atoms with van der Waals surface area (Å²) >= 11 is 0. The highest BCUT2D eigenvalue weighted by molar-refractivity contribution is 5.72. The number of aryl methyl sites for hydroxylation is 1. The molecule has 0 fully saturated rings. The Morgan fingerprint density at radius 3 is 1.86 bits per heavy atom. The number of halogens is 3. The molecule has 2 aromatic rings. The fraction of sp³-hybridized carbons (Fsp3) is 0.235. The average molecular weight is 294 g/mol. The van der Waals surface area contributed by atoms with Crippen LogP contribution in [0.4, 0.5) is 13.2 Å². The van der Waals surface area contributed by atoms with E-state index in [2.05, 4.69) is 0 Å². The Hall–Kier alpha value is -2.10. The summed E-state index contributed by atoms with van der Waals surface area (Å²) < 4.78 is 38.4. The molecule has 0 aromatic heterocycles. The Kier molecular flexibility index (Phi) is 5.70. The molecule has 0 aliphatic heterocycles. The van der Waals surface area contributed by atoms with E-state index in [-0.39, 0.29) is 11.3 Å². The lowest BCUT2D eigenvalue weighted by Crippen LogP contribution is -2.06. The zero-order valence-corrected chi connectivity index (χ0v) is 12.2. The molecule has 112 valence electrons. The number of alkyl halides is 3. The van der Waals surface area contributed by atoms with Crippen molar-refractivity contribution < 1.29 is 18.0 Å². The second kappa shape index (κ2) is 7.07. The van der Waals surface area contributed by atoms with Crippen molar-refractivity contribution in [3.8, 4) is 11.1 Å². The molecule has 4 heteroatoms. The highest BCUT2D eigenvalue weighted by atomic mass is 19.4. The van der Waals surface area contributed by atoms with E-state index in [1.807, 2.05) is 19.1 Å². The SMILES string of the molecule is CC(C)=O.Cc1ccc(-c2ccccc2C(F)(F)F)cc1. The van der Waals surface area contributed by atoms with Crippen molar-refractivity contribution in [2.24, 2.45) is 0 Å². The Balaban J connectivity index is 0.000000491. The van der Waals surface area contributed by atoms with Gasteiger partial charge in [-0.05, 0) is 38.0 Å². The van der Waals surface area contributed by atoms with Gasteiger partial charge in [-0.3, -0.25) is 0 Å². The van der Waals surface area contributed by atoms with Gasteiger partial charge in [-0.15, -0.1) is 0 Å². The highest BCUT2D eigenvalue weighted by Crippen LogP contribution is 2.36. The monoisotopic (exact) mass is 294 g/mol. The zero-order valence-electron chi connectivity index (χ0n) is 12.2. The Bertz CT molecular complexity index is 594. The molecule has 0 heterocycles. The average Bonchev–Trinajstić information content (AvgIpc) is 2.38. The van der Waals surface area contributed by atoms with Gasteiger partial charge in [0.1, 0.15) is 5.78 Å². The molecule has 0 aliphatic carbocycles. The first-order valence-electron chi connectivity index (χ1n) is 6.42. The van der Waals surface area contributed by atoms with E-state index < -0.39 is 11.7 Å². The molecule has 2 aromatic carbocycles. The predicted octanol–water partition coefficient (Wildman–Crippen LogP) is 5.28. The molecular weight excluding hydrogens is 277 g/mol. The maximum atomic E-state index is 12.8. The molecule has 0 amide bonds. The van der Waals surface area contributed by atoms with Gasteiger partial charge in [0.15, 0.2) is 0 Å². The van der Waals surface area contributed by atoms with Crippen LogP contribution in [-0.2, 0) is 11.0 Å². The van der Waals surface area contributed by atoms with Crippen LogP contribution < -0.4 is 0 Å². The molecular formula is C17H17F3O. The summed E-state index contributed by atoms with van der Waals surface area (Å²) in [6.07, 6.45) is -4.32. The summed E-state index contributed by atoms with van der Waals surface area (Å²) in [5.74, 6) is 0.167. The van der Waals surface area contributed by atoms with Crippen LogP contribution in [0.25, 0.3) is 11.1 Å². The van der Waals surface area contributed by atoms with Gasteiger partial charge in [0.25, 0.3) is 0 Å². The molecule has 0 atom stereocenters. The van der Waals surface area contributed by atoms with Gasteiger partial charge in [-0.2, -0.15) is 13.2 Å². The largest absolute Gasteiger partial charge is 0.417 e. The minimum Gasteiger partial charge on any atom is -0.300 e. The van der Waals surface area contributed by atoms with E-state index in [0.29, 0.717) is 5.56 Å². The third-order valence-corrected chi connectivity index (χ3v) is 2.60. The van der Waals surface area contributed by atoms with Crippen molar-refractivity contribution in [1.82, 2.24) is 0 Å². The van der Waals surface area contributed by atoms with Crippen LogP contribution >= 0.6 is 0 Å². The van der Waals surface area contributed by atoms with E-state index >= 15 is 0 Å². The van der Waals surface area contributed by atoms with Crippen molar-refractivity contribution in [3.63, 3.8) is 0 Å². The van der Waals surface area contributed by atoms with Crippen molar-refractivity contribution in [3.05, 3.63) is 59.7 Å². The van der Waals surface area contributed by atoms with Crippen LogP contribution in [0.15, 0.2) is 48.5 Å². The van der Waals surface area contributed by atoms with Crippen LogP contribution in [0.5, 0.6) is 0 Å². The Labute approximate surface area is 122 Å². The van der Waals surface area contributed by atoms with E-state index in [1.54, 1.807) is 18.2 Å². The third kappa shape index (κ3) is 5.42. The molecule has 0 spiro atoms. The number of ketones is 1. The molecule has 0 unspecified atom stereocenters. The quantitative estimate of drug-likeness (QED) is 0.699. The van der Waals surface area contributed by atoms with Crippen LogP contribution in [0.2, 0.25) is 0 Å². The van der Waals surface area contributed by atoms with Gasteiger partial charge < -0.3 is 4.79 Å². The zero-order chi connectivity index (χ0) is 16.0. The lowest BCUT2D eigenvalue weighted by Gasteiger charge is -2.12. The number of carbonyl (C=O) groups is 1. The molecule has 0 radical (unpaired) electrons. The number of benzene rings is 2. The van der Waals surface area contributed by atoms with E-state index in [9.17, 15) is 18.0 Å². The summed E-state index contributed by atoms with van der Waals surface area (Å²) in [6, 6.07) is 12.7. The number of carbonyl (C=O) groups excluding carboxylic acids is 1. The number of rotatable bonds is 1. The number of hydrogen-bond donors (Lipinski definition) is 0. The van der Waals surface area contributed by atoms with Gasteiger partial charge >= 0.3 is 6.18 Å². The van der Waals surface area contributed by atoms with Crippen molar-refractivity contribution >= 4 is 5.78 Å². The summed E-state index contributed by atoms with van der Waals surface area (Å²) in [4.78, 5) is 9.44. The molecule has 0 saturated heterocycles. The van der Waals surface area contributed by atoms with Gasteiger partial charge in [-0.1, -0.05) is 48.0 Å². The van der Waals surface area contributed by atoms with Gasteiger partial charge in [-0.25, -0.2) is 0 Å². The molecule has 21 heavy (non-hydrogen) atoms. The van der Waals surface area contributed by atoms with Crippen molar-refractivity contribution in [2.75, 3.05) is 0 Å². The van der Waals surface area contributed by atoms with E-state index in [4.69, 9.17) is 0 Å². The first kappa shape index (κ1) is 17.0. The summed E-state index contributed by atoms with van der Waals surface area (Å²) in [6.45, 7) is 4.96. The molecule has 0 saturated carbocycles. The molecule has 1 nitrogen and oxygen atoms in total. The summed E-state index contributed by atoms with van der Waals surface area (Å²) in [5.41, 5.74) is 1.24. The third-order valence-electron chi connectivity index (χ3n) is 2.60. The van der Waals surface area contributed by atoms with E-state index in [0.717, 1.165) is 11.6 Å². The second-order valence-electron chi connectivity index (χ2n) is 4.82. The molecule has 0 N–H and O–H groups in total. The first-order chi connectivity index (χ1) is 9.71. The van der Waals surface area contributed by atoms with Gasteiger partial charge in [0.05, 0.1) is 5.56 Å². The van der Waals surface area contributed by atoms with Crippen LogP contribution in [-0.4, -0.2) is 5.78 Å². The molecule has 0 aliphatic rings. The lowest BCUT2D eigenvalue weighted by molar-refractivity contribution is -0.137. The molecule has 2 rings (SSSR count). The van der Waals surface area contributed by atoms with E-state index in [1.165, 1.54) is 26.0 Å². The maximum Gasteiger partial charge on any atom is 0.417 e. The van der Waals surface area contributed by atoms with Gasteiger partial charge in [0, 0.05) is 0 Å². The van der Waals surface area contributed by atoms with Gasteiger partial charge in [0.2, 0.25) is 0 Å². The predicted molar refractivity (Wildman–Crippen MR) is 78.0 cm³/mol. The highest BCUT2D eigenvalue weighted by Gasteiger charge is 2.33. The Morgan fingerprint density at radius 1 is 0.905 bits per heavy atom. The summed E-state index contributed by atoms with van der Waals surface area (Å²) in [7, 11) is 0. The van der Waals surface area contributed by atoms with Crippen molar-refractivity contribution in [2.45, 2.75) is 26.9 Å². The van der Waals surface area contributed by atoms with Crippen molar-refractivity contribution in [1.29, 1.82) is 0 Å². The molecule has 0 bridgehead atoms. The lowest BCUT2D eigenvalue weighted by atomic mass is 9.98. The topological polar surface area (TPSA) is 17.1 Å². The summed E-state index contributed by atoms with van der Waals surface area (Å²) in [5, 5.41) is 0. The second-order valence-corrected chi connectivity index (χ2v) is 4.82. The minimum atomic E-state index is -4.32. The smallest absolute Gasteiger partial charge is 0.300 e. The number of Topliss-reactive ketones (excluding diaryl/α,β-unsaturated/α-hetero) is 1. The van der Waals surface area contributed by atoms with Crippen LogP contribution in [0.1, 0.15) is 25.0 Å². The van der Waals surface area contributed by atoms with Crippen LogP contribution in [0, 0.1) is 6.92 Å². The maximum absolute atomic E-state index is 12.8. The fourth-order valence-corrected chi connectivity index (χ4v) is 1.72. The minimum absolute atomic E-state index is 0.167. The fourth-order valence-electron chi connectivity index (χ4n) is 1.72. The normalized spacial score (nSPS) is 10.6. The standard InChI is InChI=1S/C14H11F3.C3H6O/c1-10-6-8-11(9-7-10)12-4-2-3-5-13(12)14(15,16)17;1-3(2)4/h2-9H,1H3;1-2H3. The first-order valence-corrected chi connectivity index (χ1v) is 6.42. The number of hydrogen-bond acceptors (Lipinski definition) is 1. The Morgan fingerprint density at radius 2 is 1.38 bits per heavy atom. The van der Waals surface area contributed by atoms with Crippen LogP contribution in [0.3, 0.4) is 0 Å².